The quantitative estimate of drug-likeness (QED) is 0.774. The lowest BCUT2D eigenvalue weighted by molar-refractivity contribution is 0.103. The van der Waals surface area contributed by atoms with E-state index in [0.717, 1.165) is 6.54 Å². The number of ketones is 1. The van der Waals surface area contributed by atoms with E-state index in [9.17, 15) is 4.79 Å². The standard InChI is InChI=1S/C10H9ClN2OS/c1-2-13-5-7(12-6-13)10(14)8-3-4-9(11)15-8/h3-6H,2H2,1H3. The third-order valence-electron chi connectivity index (χ3n) is 2.03. The molecule has 0 fully saturated rings. The fourth-order valence-corrected chi connectivity index (χ4v) is 2.20. The highest BCUT2D eigenvalue weighted by atomic mass is 35.5. The first kappa shape index (κ1) is 10.4. The van der Waals surface area contributed by atoms with Crippen LogP contribution >= 0.6 is 22.9 Å². The second-order valence-corrected chi connectivity index (χ2v) is 4.74. The molecule has 0 spiro atoms. The van der Waals surface area contributed by atoms with Crippen molar-refractivity contribution in [2.75, 3.05) is 0 Å². The third kappa shape index (κ3) is 2.11. The van der Waals surface area contributed by atoms with E-state index in [-0.39, 0.29) is 5.78 Å². The summed E-state index contributed by atoms with van der Waals surface area (Å²) in [4.78, 5) is 16.5. The summed E-state index contributed by atoms with van der Waals surface area (Å²) in [5.74, 6) is -0.0703. The number of nitrogens with zero attached hydrogens (tertiary/aromatic N) is 2. The third-order valence-corrected chi connectivity index (χ3v) is 3.26. The molecule has 0 aliphatic heterocycles. The van der Waals surface area contributed by atoms with E-state index >= 15 is 0 Å². The van der Waals surface area contributed by atoms with Crippen LogP contribution in [-0.2, 0) is 6.54 Å². The van der Waals surface area contributed by atoms with Crippen molar-refractivity contribution in [2.24, 2.45) is 0 Å². The van der Waals surface area contributed by atoms with Gasteiger partial charge in [0.05, 0.1) is 15.5 Å². The lowest BCUT2D eigenvalue weighted by Gasteiger charge is -1.92. The Hall–Kier alpha value is -1.13. The van der Waals surface area contributed by atoms with Crippen LogP contribution in [0, 0.1) is 0 Å². The Balaban J connectivity index is 2.28. The minimum Gasteiger partial charge on any atom is -0.337 e. The molecule has 2 aromatic rings. The number of rotatable bonds is 3. The molecule has 0 saturated heterocycles. The van der Waals surface area contributed by atoms with Crippen molar-refractivity contribution in [1.82, 2.24) is 9.55 Å². The van der Waals surface area contributed by atoms with Gasteiger partial charge in [0.15, 0.2) is 0 Å². The van der Waals surface area contributed by atoms with Crippen LogP contribution in [-0.4, -0.2) is 15.3 Å². The van der Waals surface area contributed by atoms with Gasteiger partial charge >= 0.3 is 0 Å². The van der Waals surface area contributed by atoms with Gasteiger partial charge in [0, 0.05) is 12.7 Å². The normalized spacial score (nSPS) is 10.5. The van der Waals surface area contributed by atoms with Gasteiger partial charge in [0.1, 0.15) is 5.69 Å². The van der Waals surface area contributed by atoms with E-state index < -0.39 is 0 Å². The summed E-state index contributed by atoms with van der Waals surface area (Å²) in [5, 5.41) is 0. The van der Waals surface area contributed by atoms with E-state index in [1.165, 1.54) is 11.3 Å². The van der Waals surface area contributed by atoms with Crippen molar-refractivity contribution in [3.63, 3.8) is 0 Å². The van der Waals surface area contributed by atoms with Gasteiger partial charge in [-0.3, -0.25) is 4.79 Å². The smallest absolute Gasteiger partial charge is 0.222 e. The molecular formula is C10H9ClN2OS. The van der Waals surface area contributed by atoms with Gasteiger partial charge in [-0.15, -0.1) is 11.3 Å². The molecule has 2 rings (SSSR count). The van der Waals surface area contributed by atoms with Crippen LogP contribution in [0.1, 0.15) is 22.3 Å². The van der Waals surface area contributed by atoms with Gasteiger partial charge < -0.3 is 4.57 Å². The topological polar surface area (TPSA) is 34.9 Å². The second-order valence-electron chi connectivity index (χ2n) is 3.02. The molecule has 5 heteroatoms. The number of carbonyl (C=O) groups is 1. The average Bonchev–Trinajstić information content (AvgIpc) is 2.84. The number of halogens is 1. The molecule has 15 heavy (non-hydrogen) atoms. The Labute approximate surface area is 96.3 Å². The van der Waals surface area contributed by atoms with E-state index in [4.69, 9.17) is 11.6 Å². The molecule has 0 aliphatic rings. The molecule has 0 bridgehead atoms. The molecule has 0 amide bonds. The summed E-state index contributed by atoms with van der Waals surface area (Å²) in [6.07, 6.45) is 3.40. The van der Waals surface area contributed by atoms with Crippen LogP contribution in [0.25, 0.3) is 0 Å². The van der Waals surface area contributed by atoms with Crippen molar-refractivity contribution in [3.8, 4) is 0 Å². The SMILES string of the molecule is CCn1cnc(C(=O)c2ccc(Cl)s2)c1. The van der Waals surface area contributed by atoms with Gasteiger partial charge in [-0.2, -0.15) is 0 Å². The summed E-state index contributed by atoms with van der Waals surface area (Å²) in [6.45, 7) is 2.81. The Morgan fingerprint density at radius 1 is 1.60 bits per heavy atom. The summed E-state index contributed by atoms with van der Waals surface area (Å²) in [5.41, 5.74) is 0.468. The van der Waals surface area contributed by atoms with Crippen LogP contribution in [0.3, 0.4) is 0 Å². The summed E-state index contributed by atoms with van der Waals surface area (Å²) in [7, 11) is 0. The molecule has 0 radical (unpaired) electrons. The number of carbonyl (C=O) groups excluding carboxylic acids is 1. The fourth-order valence-electron chi connectivity index (χ4n) is 1.21. The van der Waals surface area contributed by atoms with Gasteiger partial charge in [0.2, 0.25) is 5.78 Å². The van der Waals surface area contributed by atoms with E-state index in [0.29, 0.717) is 14.9 Å². The monoisotopic (exact) mass is 240 g/mol. The Morgan fingerprint density at radius 2 is 2.40 bits per heavy atom. The Kier molecular flexibility index (Phi) is 2.88. The predicted molar refractivity (Wildman–Crippen MR) is 60.7 cm³/mol. The molecule has 2 aromatic heterocycles. The zero-order valence-corrected chi connectivity index (χ0v) is 9.68. The second kappa shape index (κ2) is 4.16. The highest BCUT2D eigenvalue weighted by Gasteiger charge is 2.13. The highest BCUT2D eigenvalue weighted by molar-refractivity contribution is 7.18. The zero-order valence-electron chi connectivity index (χ0n) is 8.11. The lowest BCUT2D eigenvalue weighted by atomic mass is 10.2. The average molecular weight is 241 g/mol. The summed E-state index contributed by atoms with van der Waals surface area (Å²) < 4.78 is 2.48. The Morgan fingerprint density at radius 3 is 2.93 bits per heavy atom. The number of imidazole rings is 1. The number of aryl methyl sites for hydroxylation is 1. The molecule has 0 aliphatic carbocycles. The van der Waals surface area contributed by atoms with Crippen LogP contribution < -0.4 is 0 Å². The lowest BCUT2D eigenvalue weighted by Crippen LogP contribution is -1.98. The van der Waals surface area contributed by atoms with Crippen molar-refractivity contribution in [2.45, 2.75) is 13.5 Å². The number of hydrogen-bond donors (Lipinski definition) is 0. The number of aromatic nitrogens is 2. The maximum absolute atomic E-state index is 11.9. The maximum atomic E-state index is 11.9. The fraction of sp³-hybridized carbons (Fsp3) is 0.200. The van der Waals surface area contributed by atoms with Crippen LogP contribution in [0.5, 0.6) is 0 Å². The Bertz CT molecular complexity index is 489. The van der Waals surface area contributed by atoms with Crippen LogP contribution in [0.2, 0.25) is 4.34 Å². The molecule has 3 nitrogen and oxygen atoms in total. The molecule has 0 saturated carbocycles. The summed E-state index contributed by atoms with van der Waals surface area (Å²) in [6, 6.07) is 3.44. The van der Waals surface area contributed by atoms with Crippen molar-refractivity contribution in [1.29, 1.82) is 0 Å². The van der Waals surface area contributed by atoms with E-state index in [2.05, 4.69) is 4.98 Å². The predicted octanol–water partition coefficient (Wildman–Crippen LogP) is 2.85. The first-order chi connectivity index (χ1) is 7.20. The van der Waals surface area contributed by atoms with E-state index in [1.54, 1.807) is 24.7 Å². The number of hydrogen-bond acceptors (Lipinski definition) is 3. The summed E-state index contributed by atoms with van der Waals surface area (Å²) >= 11 is 7.04. The largest absolute Gasteiger partial charge is 0.337 e. The molecule has 0 unspecified atom stereocenters. The highest BCUT2D eigenvalue weighted by Crippen LogP contribution is 2.23. The molecule has 0 aromatic carbocycles. The maximum Gasteiger partial charge on any atom is 0.222 e. The van der Waals surface area contributed by atoms with Gasteiger partial charge in [0.25, 0.3) is 0 Å². The van der Waals surface area contributed by atoms with Crippen molar-refractivity contribution in [3.05, 3.63) is 39.6 Å². The first-order valence-electron chi connectivity index (χ1n) is 4.52. The van der Waals surface area contributed by atoms with E-state index in [1.807, 2.05) is 11.5 Å². The van der Waals surface area contributed by atoms with Crippen LogP contribution in [0.4, 0.5) is 0 Å². The van der Waals surface area contributed by atoms with Crippen LogP contribution in [0.15, 0.2) is 24.7 Å². The van der Waals surface area contributed by atoms with Gasteiger partial charge in [-0.25, -0.2) is 4.98 Å². The molecular weight excluding hydrogens is 232 g/mol. The van der Waals surface area contributed by atoms with Crippen molar-refractivity contribution < 1.29 is 4.79 Å². The molecule has 2 heterocycles. The zero-order chi connectivity index (χ0) is 10.8. The molecule has 78 valence electrons. The molecule has 0 N–H and O–H groups in total. The van der Waals surface area contributed by atoms with Gasteiger partial charge in [-0.05, 0) is 19.1 Å². The van der Waals surface area contributed by atoms with Crippen molar-refractivity contribution >= 4 is 28.7 Å². The number of thiophene rings is 1. The minimum absolute atomic E-state index is 0.0703. The first-order valence-corrected chi connectivity index (χ1v) is 5.72. The molecule has 0 atom stereocenters. The minimum atomic E-state index is -0.0703. The van der Waals surface area contributed by atoms with Gasteiger partial charge in [-0.1, -0.05) is 11.6 Å².